The molecule has 1 aliphatic heterocycles. The summed E-state index contributed by atoms with van der Waals surface area (Å²) in [5, 5.41) is 0. The van der Waals surface area contributed by atoms with Gasteiger partial charge in [-0.2, -0.15) is 11.8 Å². The summed E-state index contributed by atoms with van der Waals surface area (Å²) < 4.78 is 13.9. The highest BCUT2D eigenvalue weighted by atomic mass is 32.2. The first kappa shape index (κ1) is 20.8. The first-order valence-electron chi connectivity index (χ1n) is 10.5. The summed E-state index contributed by atoms with van der Waals surface area (Å²) in [6.45, 7) is 6.70. The molecule has 0 bridgehead atoms. The highest BCUT2D eigenvalue weighted by Gasteiger charge is 2.22. The maximum absolute atomic E-state index is 5.87. The Hall–Kier alpha value is -1.88. The molecule has 0 radical (unpaired) electrons. The molecule has 4 nitrogen and oxygen atoms in total. The van der Waals surface area contributed by atoms with E-state index in [1.165, 1.54) is 24.8 Å². The maximum Gasteiger partial charge on any atom is 0.233 e. The summed E-state index contributed by atoms with van der Waals surface area (Å²) >= 11 is 1.92. The van der Waals surface area contributed by atoms with Gasteiger partial charge in [-0.05, 0) is 42.0 Å². The minimum Gasteiger partial charge on any atom is -0.494 e. The van der Waals surface area contributed by atoms with Crippen molar-refractivity contribution >= 4 is 17.7 Å². The van der Waals surface area contributed by atoms with Crippen LogP contribution in [0, 0.1) is 0 Å². The molecular weight excluding hydrogens is 368 g/mol. The van der Waals surface area contributed by atoms with Crippen LogP contribution >= 0.6 is 11.8 Å². The molecule has 0 aliphatic carbocycles. The lowest BCUT2D eigenvalue weighted by Gasteiger charge is -2.10. The van der Waals surface area contributed by atoms with E-state index in [2.05, 4.69) is 61.0 Å². The van der Waals surface area contributed by atoms with E-state index in [1.807, 2.05) is 11.8 Å². The number of hydrogen-bond acceptors (Lipinski definition) is 4. The van der Waals surface area contributed by atoms with Gasteiger partial charge in [0.05, 0.1) is 12.6 Å². The number of ether oxygens (including phenoxy) is 2. The second-order valence-electron chi connectivity index (χ2n) is 7.13. The van der Waals surface area contributed by atoms with E-state index >= 15 is 0 Å². The molecule has 2 heterocycles. The standard InChI is InChI=1S/C23H32N2O2S/c1-3-5-6-7-15-26-21-12-10-19(11-13-21)16-25-14-8-9-22(25)23-24-20(17-27-23)18-28-4-2/h8-14,20H,3-7,15-18H2,1-2H3/t20-/m0/s1. The Bertz CT molecular complexity index is 739. The van der Waals surface area contributed by atoms with Crippen LogP contribution in [0.15, 0.2) is 47.6 Å². The molecule has 5 heteroatoms. The molecule has 0 saturated heterocycles. The molecule has 1 atom stereocenters. The van der Waals surface area contributed by atoms with Gasteiger partial charge in [-0.25, -0.2) is 4.99 Å². The number of aliphatic imine (C=N–C) groups is 1. The van der Waals surface area contributed by atoms with Crippen molar-refractivity contribution in [1.29, 1.82) is 0 Å². The zero-order valence-corrected chi connectivity index (χ0v) is 17.9. The number of rotatable bonds is 12. The quantitative estimate of drug-likeness (QED) is 0.448. The topological polar surface area (TPSA) is 35.8 Å². The summed E-state index contributed by atoms with van der Waals surface area (Å²) in [6.07, 6.45) is 7.01. The summed E-state index contributed by atoms with van der Waals surface area (Å²) in [5.41, 5.74) is 2.30. The molecule has 0 unspecified atom stereocenters. The molecule has 0 saturated carbocycles. The fourth-order valence-corrected chi connectivity index (χ4v) is 3.93. The minimum atomic E-state index is 0.275. The number of benzene rings is 1. The van der Waals surface area contributed by atoms with E-state index in [0.29, 0.717) is 6.61 Å². The number of thioether (sulfide) groups is 1. The van der Waals surface area contributed by atoms with Gasteiger partial charge in [0.1, 0.15) is 18.1 Å². The molecule has 0 N–H and O–H groups in total. The fraction of sp³-hybridized carbons (Fsp3) is 0.522. The van der Waals surface area contributed by atoms with Gasteiger partial charge >= 0.3 is 0 Å². The van der Waals surface area contributed by atoms with Crippen molar-refractivity contribution in [2.24, 2.45) is 4.99 Å². The number of aromatic nitrogens is 1. The summed E-state index contributed by atoms with van der Waals surface area (Å²) in [5.74, 6) is 3.88. The first-order chi connectivity index (χ1) is 13.8. The van der Waals surface area contributed by atoms with Gasteiger partial charge in [-0.15, -0.1) is 0 Å². The third kappa shape index (κ3) is 6.06. The molecule has 28 heavy (non-hydrogen) atoms. The van der Waals surface area contributed by atoms with Gasteiger partial charge in [-0.3, -0.25) is 0 Å². The lowest BCUT2D eigenvalue weighted by Crippen LogP contribution is -2.11. The summed E-state index contributed by atoms with van der Waals surface area (Å²) in [4.78, 5) is 4.77. The first-order valence-corrected chi connectivity index (χ1v) is 11.6. The fourth-order valence-electron chi connectivity index (χ4n) is 3.25. The van der Waals surface area contributed by atoms with Crippen LogP contribution in [-0.4, -0.2) is 41.2 Å². The molecule has 152 valence electrons. The molecule has 3 rings (SSSR count). The monoisotopic (exact) mass is 400 g/mol. The van der Waals surface area contributed by atoms with Gasteiger partial charge in [0.2, 0.25) is 5.90 Å². The van der Waals surface area contributed by atoms with Crippen molar-refractivity contribution in [2.45, 2.75) is 52.1 Å². The van der Waals surface area contributed by atoms with Crippen LogP contribution < -0.4 is 4.74 Å². The van der Waals surface area contributed by atoms with Gasteiger partial charge in [0.25, 0.3) is 0 Å². The lowest BCUT2D eigenvalue weighted by atomic mass is 10.2. The Morgan fingerprint density at radius 2 is 2.00 bits per heavy atom. The zero-order chi connectivity index (χ0) is 19.6. The van der Waals surface area contributed by atoms with Crippen LogP contribution in [0.25, 0.3) is 0 Å². The van der Waals surface area contributed by atoms with Crippen molar-refractivity contribution < 1.29 is 9.47 Å². The Morgan fingerprint density at radius 3 is 2.79 bits per heavy atom. The van der Waals surface area contributed by atoms with E-state index in [9.17, 15) is 0 Å². The Kier molecular flexibility index (Phi) is 8.34. The van der Waals surface area contributed by atoms with Gasteiger partial charge < -0.3 is 14.0 Å². The Balaban J connectivity index is 1.54. The summed E-state index contributed by atoms with van der Waals surface area (Å²) in [7, 11) is 0. The van der Waals surface area contributed by atoms with Crippen LogP contribution in [-0.2, 0) is 11.3 Å². The second-order valence-corrected chi connectivity index (χ2v) is 8.45. The number of nitrogens with zero attached hydrogens (tertiary/aromatic N) is 2. The van der Waals surface area contributed by atoms with E-state index in [0.717, 1.165) is 48.4 Å². The molecule has 2 aromatic rings. The van der Waals surface area contributed by atoms with Crippen molar-refractivity contribution in [3.8, 4) is 5.75 Å². The normalized spacial score (nSPS) is 16.1. The van der Waals surface area contributed by atoms with Crippen LogP contribution in [0.4, 0.5) is 0 Å². The SMILES string of the molecule is CCCCCCOc1ccc(Cn2cccc2C2=N[C@H](CSCC)CO2)cc1. The van der Waals surface area contributed by atoms with Gasteiger partial charge in [0, 0.05) is 18.5 Å². The largest absolute Gasteiger partial charge is 0.494 e. The Morgan fingerprint density at radius 1 is 1.14 bits per heavy atom. The van der Waals surface area contributed by atoms with Crippen molar-refractivity contribution in [1.82, 2.24) is 4.57 Å². The predicted octanol–water partition coefficient (Wildman–Crippen LogP) is 5.39. The van der Waals surface area contributed by atoms with Crippen LogP contribution in [0.1, 0.15) is 50.8 Å². The third-order valence-corrected chi connectivity index (χ3v) is 5.85. The second kappa shape index (κ2) is 11.2. The average Bonchev–Trinajstić information content (AvgIpc) is 3.36. The minimum absolute atomic E-state index is 0.275. The van der Waals surface area contributed by atoms with Gasteiger partial charge in [-0.1, -0.05) is 45.2 Å². The number of unbranched alkanes of at least 4 members (excludes halogenated alkanes) is 3. The highest BCUT2D eigenvalue weighted by molar-refractivity contribution is 7.99. The predicted molar refractivity (Wildman–Crippen MR) is 119 cm³/mol. The van der Waals surface area contributed by atoms with E-state index in [1.54, 1.807) is 0 Å². The van der Waals surface area contributed by atoms with Gasteiger partial charge in [0.15, 0.2) is 0 Å². The Labute approximate surface area is 173 Å². The molecule has 0 amide bonds. The van der Waals surface area contributed by atoms with E-state index in [4.69, 9.17) is 14.5 Å². The van der Waals surface area contributed by atoms with Crippen LogP contribution in [0.2, 0.25) is 0 Å². The van der Waals surface area contributed by atoms with Crippen molar-refractivity contribution in [3.63, 3.8) is 0 Å². The maximum atomic E-state index is 5.87. The highest BCUT2D eigenvalue weighted by Crippen LogP contribution is 2.19. The lowest BCUT2D eigenvalue weighted by molar-refractivity contribution is 0.305. The molecule has 1 aromatic heterocycles. The van der Waals surface area contributed by atoms with Crippen LogP contribution in [0.3, 0.4) is 0 Å². The van der Waals surface area contributed by atoms with E-state index in [-0.39, 0.29) is 6.04 Å². The third-order valence-electron chi connectivity index (χ3n) is 4.82. The average molecular weight is 401 g/mol. The molecule has 1 aliphatic rings. The van der Waals surface area contributed by atoms with Crippen molar-refractivity contribution in [3.05, 3.63) is 53.9 Å². The van der Waals surface area contributed by atoms with Crippen molar-refractivity contribution in [2.75, 3.05) is 24.7 Å². The number of hydrogen-bond donors (Lipinski definition) is 0. The molecule has 0 fully saturated rings. The zero-order valence-electron chi connectivity index (χ0n) is 17.1. The molecular formula is C23H32N2O2S. The smallest absolute Gasteiger partial charge is 0.233 e. The summed E-state index contributed by atoms with van der Waals surface area (Å²) in [6, 6.07) is 12.8. The molecule has 0 spiro atoms. The van der Waals surface area contributed by atoms with Crippen LogP contribution in [0.5, 0.6) is 5.75 Å². The molecule has 1 aromatic carbocycles. The van der Waals surface area contributed by atoms with E-state index < -0.39 is 0 Å².